The molecule has 0 radical (unpaired) electrons. The number of aromatic nitrogens is 3. The highest BCUT2D eigenvalue weighted by atomic mass is 19.1. The summed E-state index contributed by atoms with van der Waals surface area (Å²) < 4.78 is 30.9. The minimum atomic E-state index is -1.79. The first-order chi connectivity index (χ1) is 17.3. The summed E-state index contributed by atoms with van der Waals surface area (Å²) in [5.74, 6) is -2.15. The number of amides is 4. The Labute approximate surface area is 200 Å². The molecule has 14 heteroatoms. The predicted molar refractivity (Wildman–Crippen MR) is 118 cm³/mol. The second-order valence-corrected chi connectivity index (χ2v) is 8.23. The Morgan fingerprint density at radius 3 is 2.72 bits per heavy atom. The lowest BCUT2D eigenvalue weighted by Crippen LogP contribution is -2.52. The zero-order valence-electron chi connectivity index (χ0n) is 18.5. The normalized spacial score (nSPS) is 19.1. The zero-order valence-corrected chi connectivity index (χ0v) is 18.5. The first-order valence-electron chi connectivity index (χ1n) is 10.6. The van der Waals surface area contributed by atoms with Gasteiger partial charge in [0.15, 0.2) is 22.7 Å². The number of rotatable bonds is 5. The zero-order chi connectivity index (χ0) is 25.2. The number of hydrogen-bond acceptors (Lipinski definition) is 10. The monoisotopic (exact) mass is 493 g/mol. The number of pyridine rings is 1. The first kappa shape index (κ1) is 21.5. The fourth-order valence-electron chi connectivity index (χ4n) is 4.41. The van der Waals surface area contributed by atoms with E-state index in [4.69, 9.17) is 19.3 Å². The lowest BCUT2D eigenvalue weighted by molar-refractivity contribution is -0.125. The van der Waals surface area contributed by atoms with Crippen LogP contribution in [-0.2, 0) is 16.9 Å². The first-order valence-corrected chi connectivity index (χ1v) is 10.6. The Morgan fingerprint density at radius 2 is 2.03 bits per heavy atom. The second-order valence-electron chi connectivity index (χ2n) is 8.23. The lowest BCUT2D eigenvalue weighted by Gasteiger charge is -2.28. The number of nitrogen functional groups attached to an aromatic ring is 1. The fourth-order valence-corrected chi connectivity index (χ4v) is 4.41. The molecule has 6 rings (SSSR count). The van der Waals surface area contributed by atoms with E-state index in [-0.39, 0.29) is 42.1 Å². The Kier molecular flexibility index (Phi) is 4.48. The van der Waals surface area contributed by atoms with Crippen molar-refractivity contribution in [3.8, 4) is 17.3 Å². The summed E-state index contributed by atoms with van der Waals surface area (Å²) in [7, 11) is 1.30. The van der Waals surface area contributed by atoms with Gasteiger partial charge in [-0.3, -0.25) is 14.9 Å². The molecule has 4 amide bonds. The molecule has 0 saturated carbocycles. The molecule has 4 aromatic rings. The summed E-state index contributed by atoms with van der Waals surface area (Å²) in [4.78, 5) is 44.0. The maximum atomic E-state index is 14.8. The molecule has 1 atom stereocenters. The van der Waals surface area contributed by atoms with Crippen molar-refractivity contribution in [3.63, 3.8) is 0 Å². The molecule has 0 bridgehead atoms. The number of carbonyl (C=O) groups is 3. The Bertz CT molecular complexity index is 1600. The quantitative estimate of drug-likeness (QED) is 0.343. The van der Waals surface area contributed by atoms with Crippen LogP contribution in [0.25, 0.3) is 22.7 Å². The van der Waals surface area contributed by atoms with Gasteiger partial charge in [0.05, 0.1) is 19.2 Å². The molecule has 3 aromatic heterocycles. The summed E-state index contributed by atoms with van der Waals surface area (Å²) in [5.41, 5.74) is 4.88. The van der Waals surface area contributed by atoms with Crippen LogP contribution in [0.4, 0.5) is 15.2 Å². The minimum absolute atomic E-state index is 0.0151. The van der Waals surface area contributed by atoms with E-state index in [0.29, 0.717) is 22.4 Å². The molecule has 2 aliphatic heterocycles. The van der Waals surface area contributed by atoms with Crippen LogP contribution in [0, 0.1) is 5.82 Å². The van der Waals surface area contributed by atoms with E-state index in [1.807, 2.05) is 0 Å². The van der Waals surface area contributed by atoms with E-state index in [9.17, 15) is 18.8 Å². The SMILES string of the molecule is COc1ccc2c(c1F)C(=O)N(CC1(c3cc4nc(-c5nnc(N)o5)ccc4o3)NC(=O)NC1=O)C2. The number of methoxy groups -OCH3 is 1. The molecule has 36 heavy (non-hydrogen) atoms. The van der Waals surface area contributed by atoms with Gasteiger partial charge < -0.3 is 29.5 Å². The highest BCUT2D eigenvalue weighted by molar-refractivity contribution is 6.08. The number of nitrogens with one attached hydrogen (secondary N) is 2. The van der Waals surface area contributed by atoms with Crippen molar-refractivity contribution >= 4 is 35.0 Å². The molecule has 13 nitrogen and oxygen atoms in total. The molecular weight excluding hydrogens is 477 g/mol. The summed E-state index contributed by atoms with van der Waals surface area (Å²) in [6, 6.07) is 6.68. The number of benzene rings is 1. The molecule has 4 N–H and O–H groups in total. The number of hydrogen-bond donors (Lipinski definition) is 3. The number of furan rings is 1. The van der Waals surface area contributed by atoms with Gasteiger partial charge in [0.1, 0.15) is 17.0 Å². The second kappa shape index (κ2) is 7.49. The number of halogens is 1. The van der Waals surface area contributed by atoms with E-state index in [0.717, 1.165) is 0 Å². The molecule has 2 aliphatic rings. The van der Waals surface area contributed by atoms with Crippen LogP contribution in [0.1, 0.15) is 21.7 Å². The van der Waals surface area contributed by atoms with E-state index >= 15 is 0 Å². The van der Waals surface area contributed by atoms with Gasteiger partial charge in [-0.2, -0.15) is 0 Å². The van der Waals surface area contributed by atoms with Gasteiger partial charge in [-0.15, -0.1) is 5.10 Å². The van der Waals surface area contributed by atoms with Crippen LogP contribution in [0.3, 0.4) is 0 Å². The molecule has 1 aromatic carbocycles. The molecule has 182 valence electrons. The average Bonchev–Trinajstić information content (AvgIpc) is 3.60. The van der Waals surface area contributed by atoms with Crippen molar-refractivity contribution in [2.75, 3.05) is 19.4 Å². The fraction of sp³-hybridized carbons (Fsp3) is 0.182. The van der Waals surface area contributed by atoms with Gasteiger partial charge in [-0.1, -0.05) is 11.2 Å². The van der Waals surface area contributed by atoms with Crippen LogP contribution in [-0.4, -0.2) is 51.6 Å². The van der Waals surface area contributed by atoms with E-state index in [1.165, 1.54) is 24.1 Å². The highest BCUT2D eigenvalue weighted by Crippen LogP contribution is 2.36. The predicted octanol–water partition coefficient (Wildman–Crippen LogP) is 1.30. The molecule has 1 fully saturated rings. The smallest absolute Gasteiger partial charge is 0.322 e. The lowest BCUT2D eigenvalue weighted by atomic mass is 9.95. The van der Waals surface area contributed by atoms with Crippen LogP contribution in [0.5, 0.6) is 5.75 Å². The number of carbonyl (C=O) groups excluding carboxylic acids is 3. The summed E-state index contributed by atoms with van der Waals surface area (Å²) in [6.07, 6.45) is 0. The van der Waals surface area contributed by atoms with Gasteiger partial charge in [0.25, 0.3) is 17.7 Å². The number of nitrogens with two attached hydrogens (primary N) is 1. The topological polar surface area (TPSA) is 179 Å². The molecule has 0 aliphatic carbocycles. The van der Waals surface area contributed by atoms with Crippen LogP contribution < -0.4 is 21.1 Å². The van der Waals surface area contributed by atoms with Crippen LogP contribution in [0.2, 0.25) is 0 Å². The maximum Gasteiger partial charge on any atom is 0.322 e. The van der Waals surface area contributed by atoms with Crippen molar-refractivity contribution in [1.29, 1.82) is 0 Å². The van der Waals surface area contributed by atoms with Gasteiger partial charge in [0.2, 0.25) is 0 Å². The molecule has 5 heterocycles. The number of urea groups is 1. The maximum absolute atomic E-state index is 14.8. The Balaban J connectivity index is 1.39. The molecule has 1 saturated heterocycles. The van der Waals surface area contributed by atoms with Crippen molar-refractivity contribution in [2.24, 2.45) is 0 Å². The van der Waals surface area contributed by atoms with Gasteiger partial charge in [-0.25, -0.2) is 14.2 Å². The van der Waals surface area contributed by atoms with Crippen LogP contribution in [0.15, 0.2) is 39.2 Å². The molecular formula is C22H16FN7O6. The number of anilines is 1. The standard InChI is InChI=1S/C22H16FN7O6/c1-34-13-4-2-9-7-30(18(31)15(9)16(13)23)8-22(19(32)26-21(33)27-22)14-6-11-12(35-14)5-3-10(25-11)17-28-29-20(24)36-17/h2-6H,7-8H2,1H3,(H2,24,29)(H2,26,27,32,33). The van der Waals surface area contributed by atoms with E-state index in [1.54, 1.807) is 18.2 Å². The molecule has 0 spiro atoms. The molecule has 1 unspecified atom stereocenters. The summed E-state index contributed by atoms with van der Waals surface area (Å²) in [5, 5.41) is 12.1. The Hall–Kier alpha value is -5.01. The summed E-state index contributed by atoms with van der Waals surface area (Å²) in [6.45, 7) is -0.312. The third-order valence-corrected chi connectivity index (χ3v) is 6.10. The van der Waals surface area contributed by atoms with E-state index < -0.39 is 29.2 Å². The minimum Gasteiger partial charge on any atom is -0.494 e. The van der Waals surface area contributed by atoms with Crippen molar-refractivity contribution in [3.05, 3.63) is 53.0 Å². The number of imide groups is 1. The van der Waals surface area contributed by atoms with Gasteiger partial charge in [0, 0.05) is 12.6 Å². The van der Waals surface area contributed by atoms with Crippen LogP contribution >= 0.6 is 0 Å². The van der Waals surface area contributed by atoms with Crippen molar-refractivity contribution in [1.82, 2.24) is 30.7 Å². The highest BCUT2D eigenvalue weighted by Gasteiger charge is 2.53. The largest absolute Gasteiger partial charge is 0.494 e. The number of fused-ring (bicyclic) bond motifs is 2. The third kappa shape index (κ3) is 3.07. The van der Waals surface area contributed by atoms with Crippen molar-refractivity contribution < 1.29 is 32.3 Å². The average molecular weight is 493 g/mol. The number of ether oxygens (including phenoxy) is 1. The Morgan fingerprint density at radius 1 is 1.19 bits per heavy atom. The van der Waals surface area contributed by atoms with Gasteiger partial charge in [-0.05, 0) is 23.8 Å². The van der Waals surface area contributed by atoms with Crippen molar-refractivity contribution in [2.45, 2.75) is 12.1 Å². The number of nitrogens with zero attached hydrogens (tertiary/aromatic N) is 4. The summed E-state index contributed by atoms with van der Waals surface area (Å²) >= 11 is 0. The van der Waals surface area contributed by atoms with E-state index in [2.05, 4.69) is 25.8 Å². The van der Waals surface area contributed by atoms with Gasteiger partial charge >= 0.3 is 12.0 Å². The third-order valence-electron chi connectivity index (χ3n) is 6.10.